The Morgan fingerprint density at radius 1 is 1.43 bits per heavy atom. The highest BCUT2D eigenvalue weighted by Crippen LogP contribution is 2.36. The predicted molar refractivity (Wildman–Crippen MR) is 70.9 cm³/mol. The van der Waals surface area contributed by atoms with Crippen LogP contribution in [0.4, 0.5) is 0 Å². The first-order valence-corrected chi connectivity index (χ1v) is 7.69. The minimum atomic E-state index is -4.48. The number of aromatic nitrogens is 2. The molecule has 1 rings (SSSR count). The number of nitrogens with one attached hydrogen (secondary N) is 1. The molecule has 10 nitrogen and oxygen atoms in total. The topological polar surface area (TPSA) is 162 Å². The number of hydrogen-bond donors (Lipinski definition) is 5. The number of ether oxygens (including phenoxy) is 1. The van der Waals surface area contributed by atoms with Crippen molar-refractivity contribution >= 4 is 7.60 Å². The van der Waals surface area contributed by atoms with Crippen LogP contribution >= 0.6 is 7.60 Å². The first-order valence-electron chi connectivity index (χ1n) is 5.89. The Labute approximate surface area is 118 Å². The highest BCUT2D eigenvalue weighted by molar-refractivity contribution is 7.51. The Morgan fingerprint density at radius 3 is 2.57 bits per heavy atom. The molecular weight excluding hydrogens is 307 g/mol. The van der Waals surface area contributed by atoms with Gasteiger partial charge in [0.15, 0.2) is 0 Å². The molecule has 0 fully saturated rings. The van der Waals surface area contributed by atoms with Crippen LogP contribution in [0.5, 0.6) is 0 Å². The fraction of sp³-hybridized carbons (Fsp3) is 0.600. The highest BCUT2D eigenvalue weighted by Gasteiger charge is 2.28. The molecular formula is C10H17N2O8P. The summed E-state index contributed by atoms with van der Waals surface area (Å²) in [6, 6.07) is 0. The molecule has 0 saturated carbocycles. The standard InChI is InChI=1S/C10H17N2O8P/c1-6-2-12(10(16)11-9(6)15)5-20-8(7(14)3-13)4-21(17,18)19/h2,7-8,13-14H,3-5H2,1H3,(H,11,15,16)(H2,17,18,19)/t7-,8+/m0/s1. The minimum absolute atomic E-state index is 0.243. The van der Waals surface area contributed by atoms with Crippen molar-refractivity contribution in [3.05, 3.63) is 32.6 Å². The number of aryl methyl sites for hydroxylation is 1. The third-order valence-electron chi connectivity index (χ3n) is 2.65. The molecule has 2 atom stereocenters. The second-order valence-corrected chi connectivity index (χ2v) is 6.17. The summed E-state index contributed by atoms with van der Waals surface area (Å²) in [6.45, 7) is 0.257. The monoisotopic (exact) mass is 324 g/mol. The van der Waals surface area contributed by atoms with Gasteiger partial charge < -0.3 is 24.7 Å². The van der Waals surface area contributed by atoms with Crippen LogP contribution in [0.25, 0.3) is 0 Å². The maximum Gasteiger partial charge on any atom is 0.330 e. The lowest BCUT2D eigenvalue weighted by Crippen LogP contribution is -2.38. The molecule has 1 aromatic heterocycles. The molecule has 0 amide bonds. The van der Waals surface area contributed by atoms with Crippen LogP contribution in [0.15, 0.2) is 15.8 Å². The summed E-state index contributed by atoms with van der Waals surface area (Å²) in [5.74, 6) is 0. The van der Waals surface area contributed by atoms with Crippen LogP contribution in [-0.4, -0.2) is 54.5 Å². The molecule has 0 saturated heterocycles. The summed E-state index contributed by atoms with van der Waals surface area (Å²) in [6.07, 6.45) is -2.49. The molecule has 0 radical (unpaired) electrons. The van der Waals surface area contributed by atoms with E-state index >= 15 is 0 Å². The first-order chi connectivity index (χ1) is 9.64. The smallest absolute Gasteiger partial charge is 0.330 e. The Hall–Kier alpha value is -1.29. The minimum Gasteiger partial charge on any atom is -0.394 e. The fourth-order valence-electron chi connectivity index (χ4n) is 1.53. The van der Waals surface area contributed by atoms with Crippen molar-refractivity contribution in [2.45, 2.75) is 25.9 Å². The van der Waals surface area contributed by atoms with Gasteiger partial charge in [-0.25, -0.2) is 4.79 Å². The zero-order chi connectivity index (χ0) is 16.2. The summed E-state index contributed by atoms with van der Waals surface area (Å²) in [7, 11) is -4.48. The molecule has 0 aliphatic heterocycles. The van der Waals surface area contributed by atoms with Crippen LogP contribution in [-0.2, 0) is 16.0 Å². The lowest BCUT2D eigenvalue weighted by atomic mass is 10.2. The van der Waals surface area contributed by atoms with Crippen molar-refractivity contribution in [2.24, 2.45) is 0 Å². The van der Waals surface area contributed by atoms with Gasteiger partial charge in [-0.1, -0.05) is 0 Å². The zero-order valence-corrected chi connectivity index (χ0v) is 12.1. The Balaban J connectivity index is 2.87. The molecule has 0 spiro atoms. The van der Waals surface area contributed by atoms with Crippen molar-refractivity contribution < 1.29 is 29.3 Å². The lowest BCUT2D eigenvalue weighted by Gasteiger charge is -2.22. The second-order valence-electron chi connectivity index (χ2n) is 4.47. The van der Waals surface area contributed by atoms with E-state index in [1.165, 1.54) is 13.1 Å². The Morgan fingerprint density at radius 2 is 2.05 bits per heavy atom. The normalized spacial score (nSPS) is 14.9. The van der Waals surface area contributed by atoms with Crippen molar-refractivity contribution in [1.82, 2.24) is 9.55 Å². The van der Waals surface area contributed by atoms with Crippen molar-refractivity contribution in [3.63, 3.8) is 0 Å². The van der Waals surface area contributed by atoms with Gasteiger partial charge in [-0.15, -0.1) is 0 Å². The number of H-pyrrole nitrogens is 1. The van der Waals surface area contributed by atoms with Gasteiger partial charge in [0, 0.05) is 11.8 Å². The van der Waals surface area contributed by atoms with Gasteiger partial charge in [-0.3, -0.25) is 18.9 Å². The molecule has 120 valence electrons. The summed E-state index contributed by atoms with van der Waals surface area (Å²) in [5.41, 5.74) is -1.08. The average Bonchev–Trinajstić information content (AvgIpc) is 2.37. The number of aliphatic hydroxyl groups excluding tert-OH is 2. The largest absolute Gasteiger partial charge is 0.394 e. The molecule has 21 heavy (non-hydrogen) atoms. The van der Waals surface area contributed by atoms with Gasteiger partial charge in [0.2, 0.25) is 0 Å². The second kappa shape index (κ2) is 7.12. The van der Waals surface area contributed by atoms with E-state index < -0.39 is 50.6 Å². The zero-order valence-electron chi connectivity index (χ0n) is 11.2. The van der Waals surface area contributed by atoms with E-state index in [9.17, 15) is 19.3 Å². The van der Waals surface area contributed by atoms with E-state index in [1.54, 1.807) is 0 Å². The van der Waals surface area contributed by atoms with Crippen LogP contribution in [0, 0.1) is 6.92 Å². The molecule has 0 unspecified atom stereocenters. The fourth-order valence-corrected chi connectivity index (χ4v) is 2.35. The van der Waals surface area contributed by atoms with Gasteiger partial charge in [-0.2, -0.15) is 0 Å². The molecule has 5 N–H and O–H groups in total. The van der Waals surface area contributed by atoms with E-state index in [2.05, 4.69) is 0 Å². The third kappa shape index (κ3) is 5.54. The quantitative estimate of drug-likeness (QED) is 0.350. The highest BCUT2D eigenvalue weighted by atomic mass is 31.2. The predicted octanol–water partition coefficient (Wildman–Crippen LogP) is -2.28. The van der Waals surface area contributed by atoms with Crippen molar-refractivity contribution in [2.75, 3.05) is 12.8 Å². The maximum absolute atomic E-state index is 11.5. The SMILES string of the molecule is Cc1cn(CO[C@H](CP(=O)(O)O)[C@@H](O)CO)c(=O)[nH]c1=O. The van der Waals surface area contributed by atoms with Gasteiger partial charge in [0.25, 0.3) is 5.56 Å². The van der Waals surface area contributed by atoms with Gasteiger partial charge in [0.05, 0.1) is 18.9 Å². The number of nitrogens with zero attached hydrogens (tertiary/aromatic N) is 1. The Bertz CT molecular complexity index is 633. The van der Waals surface area contributed by atoms with E-state index in [0.29, 0.717) is 0 Å². The summed E-state index contributed by atoms with van der Waals surface area (Å²) >= 11 is 0. The number of rotatable bonds is 7. The first kappa shape index (κ1) is 17.8. The number of hydrogen-bond acceptors (Lipinski definition) is 6. The van der Waals surface area contributed by atoms with E-state index in [4.69, 9.17) is 19.6 Å². The van der Waals surface area contributed by atoms with E-state index in [1.807, 2.05) is 4.98 Å². The molecule has 0 bridgehead atoms. The summed E-state index contributed by atoms with van der Waals surface area (Å²) in [4.78, 5) is 42.5. The van der Waals surface area contributed by atoms with Crippen LogP contribution < -0.4 is 11.2 Å². The average molecular weight is 324 g/mol. The summed E-state index contributed by atoms with van der Waals surface area (Å²) in [5, 5.41) is 18.3. The molecule has 1 aromatic rings. The van der Waals surface area contributed by atoms with Crippen molar-refractivity contribution in [3.8, 4) is 0 Å². The van der Waals surface area contributed by atoms with Gasteiger partial charge in [0.1, 0.15) is 12.8 Å². The van der Waals surface area contributed by atoms with E-state index in [-0.39, 0.29) is 5.56 Å². The van der Waals surface area contributed by atoms with Crippen LogP contribution in [0.3, 0.4) is 0 Å². The molecule has 1 heterocycles. The van der Waals surface area contributed by atoms with Crippen LogP contribution in [0.1, 0.15) is 5.56 Å². The molecule has 0 aromatic carbocycles. The number of aromatic amines is 1. The van der Waals surface area contributed by atoms with Crippen molar-refractivity contribution in [1.29, 1.82) is 0 Å². The maximum atomic E-state index is 11.5. The van der Waals surface area contributed by atoms with E-state index in [0.717, 1.165) is 4.57 Å². The number of aliphatic hydroxyl groups is 2. The third-order valence-corrected chi connectivity index (χ3v) is 3.49. The molecule has 0 aliphatic rings. The lowest BCUT2D eigenvalue weighted by molar-refractivity contribution is -0.0724. The Kier molecular flexibility index (Phi) is 6.02. The molecule has 0 aliphatic carbocycles. The van der Waals surface area contributed by atoms with Crippen LogP contribution in [0.2, 0.25) is 0 Å². The van der Waals surface area contributed by atoms with Gasteiger partial charge >= 0.3 is 13.3 Å². The van der Waals surface area contributed by atoms with Gasteiger partial charge in [-0.05, 0) is 6.92 Å². The summed E-state index contributed by atoms with van der Waals surface area (Å²) < 4.78 is 17.0. The molecule has 11 heteroatoms.